The number of anilines is 3. The highest BCUT2D eigenvalue weighted by atomic mass is 32.1. The highest BCUT2D eigenvalue weighted by molar-refractivity contribution is 7.26. The molecule has 0 fully saturated rings. The van der Waals surface area contributed by atoms with Gasteiger partial charge in [0.05, 0.1) is 17.1 Å². The average Bonchev–Trinajstić information content (AvgIpc) is 3.77. The Hall–Kier alpha value is -6.94. The van der Waals surface area contributed by atoms with Crippen LogP contribution in [0.15, 0.2) is 188 Å². The highest BCUT2D eigenvalue weighted by Gasteiger charge is 2.39. The molecular weight excluding hydrogens is 723 g/mol. The molecule has 9 aromatic carbocycles. The van der Waals surface area contributed by atoms with Crippen molar-refractivity contribution in [3.8, 4) is 56.0 Å². The molecule has 0 N–H and O–H groups in total. The van der Waals surface area contributed by atoms with Gasteiger partial charge in [0, 0.05) is 47.5 Å². The van der Waals surface area contributed by atoms with Crippen molar-refractivity contribution in [3.05, 3.63) is 199 Å². The molecule has 10 aromatic rings. The second kappa shape index (κ2) is 12.5. The van der Waals surface area contributed by atoms with Gasteiger partial charge in [-0.2, -0.15) is 0 Å². The van der Waals surface area contributed by atoms with Gasteiger partial charge in [0.25, 0.3) is 0 Å². The largest absolute Gasteiger partial charge is 0.456 e. The van der Waals surface area contributed by atoms with Gasteiger partial charge in [-0.05, 0) is 99.1 Å². The van der Waals surface area contributed by atoms with Crippen LogP contribution in [0.2, 0.25) is 0 Å². The Bertz CT molecular complexity index is 3290. The third-order valence-corrected chi connectivity index (χ3v) is 13.6. The van der Waals surface area contributed by atoms with Crippen LogP contribution in [0.4, 0.5) is 17.1 Å². The zero-order chi connectivity index (χ0) is 38.5. The highest BCUT2D eigenvalue weighted by Crippen LogP contribution is 2.58. The predicted octanol–water partition coefficient (Wildman–Crippen LogP) is 16.1. The van der Waals surface area contributed by atoms with Crippen LogP contribution in [0, 0.1) is 0 Å². The first-order chi connectivity index (χ1) is 28.5. The quantitative estimate of drug-likeness (QED) is 0.173. The zero-order valence-corrected chi connectivity index (χ0v) is 33.0. The monoisotopic (exact) mass is 759 g/mol. The van der Waals surface area contributed by atoms with Crippen molar-refractivity contribution in [1.29, 1.82) is 0 Å². The third kappa shape index (κ3) is 4.84. The number of benzene rings is 9. The number of rotatable bonds is 5. The summed E-state index contributed by atoms with van der Waals surface area (Å²) in [5, 5.41) is 4.83. The molecule has 1 aliphatic heterocycles. The van der Waals surface area contributed by atoms with Gasteiger partial charge in [0.2, 0.25) is 0 Å². The summed E-state index contributed by atoms with van der Waals surface area (Å²) in [6, 6.07) is 68.8. The van der Waals surface area contributed by atoms with Gasteiger partial charge in [0.1, 0.15) is 11.5 Å². The fourth-order valence-electron chi connectivity index (χ4n) is 9.73. The van der Waals surface area contributed by atoms with Crippen molar-refractivity contribution in [1.82, 2.24) is 0 Å². The van der Waals surface area contributed by atoms with Crippen LogP contribution in [0.3, 0.4) is 0 Å². The minimum absolute atomic E-state index is 0.182. The molecule has 0 saturated heterocycles. The van der Waals surface area contributed by atoms with Crippen LogP contribution in [-0.4, -0.2) is 0 Å². The molecule has 0 radical (unpaired) electrons. The van der Waals surface area contributed by atoms with E-state index in [0.29, 0.717) is 0 Å². The molecular formula is C55H37NOS. The van der Waals surface area contributed by atoms with Crippen molar-refractivity contribution in [3.63, 3.8) is 0 Å². The van der Waals surface area contributed by atoms with Crippen LogP contribution >= 0.6 is 11.3 Å². The topological polar surface area (TPSA) is 12.5 Å². The molecule has 0 bridgehead atoms. The summed E-state index contributed by atoms with van der Waals surface area (Å²) in [5.74, 6) is 1.76. The summed E-state index contributed by atoms with van der Waals surface area (Å²) in [4.78, 5) is 2.55. The van der Waals surface area contributed by atoms with Gasteiger partial charge in [0.15, 0.2) is 0 Å². The van der Waals surface area contributed by atoms with E-state index < -0.39 is 0 Å². The number of ether oxygens (including phenoxy) is 1. The van der Waals surface area contributed by atoms with E-state index >= 15 is 0 Å². The Morgan fingerprint density at radius 1 is 0.414 bits per heavy atom. The number of nitrogens with zero attached hydrogens (tertiary/aromatic N) is 1. The number of hydrogen-bond acceptors (Lipinski definition) is 3. The average molecular weight is 760 g/mol. The van der Waals surface area contributed by atoms with Crippen LogP contribution in [0.1, 0.15) is 25.0 Å². The first-order valence-corrected chi connectivity index (χ1v) is 20.8. The molecule has 0 amide bonds. The molecule has 0 saturated carbocycles. The second-order valence-corrected chi connectivity index (χ2v) is 17.1. The predicted molar refractivity (Wildman–Crippen MR) is 245 cm³/mol. The van der Waals surface area contributed by atoms with Crippen LogP contribution < -0.4 is 9.64 Å². The summed E-state index contributed by atoms with van der Waals surface area (Å²) >= 11 is 1.86. The molecule has 0 atom stereocenters. The lowest BCUT2D eigenvalue weighted by atomic mass is 9.82. The van der Waals surface area contributed by atoms with Crippen LogP contribution in [-0.2, 0) is 5.41 Å². The SMILES string of the molecule is CC1(C)c2ccc(-c3ccccc3)cc2-c2c(N(c3ccc4c5c(cccc35)-c3ccc(-c5ccccc5)cc3O4)c3cccc4sc5ccccc5c34)cccc21. The maximum atomic E-state index is 6.86. The lowest BCUT2D eigenvalue weighted by Gasteiger charge is -2.32. The summed E-state index contributed by atoms with van der Waals surface area (Å²) in [7, 11) is 0. The lowest BCUT2D eigenvalue weighted by molar-refractivity contribution is 0.487. The van der Waals surface area contributed by atoms with Gasteiger partial charge < -0.3 is 9.64 Å². The molecule has 2 nitrogen and oxygen atoms in total. The first kappa shape index (κ1) is 33.2. The van der Waals surface area contributed by atoms with Crippen molar-refractivity contribution < 1.29 is 4.74 Å². The molecule has 12 rings (SSSR count). The Balaban J connectivity index is 1.14. The van der Waals surface area contributed by atoms with E-state index in [2.05, 4.69) is 207 Å². The lowest BCUT2D eigenvalue weighted by Crippen LogP contribution is -2.16. The Labute approximate surface area is 341 Å². The maximum absolute atomic E-state index is 6.86. The van der Waals surface area contributed by atoms with Gasteiger partial charge in [-0.25, -0.2) is 0 Å². The van der Waals surface area contributed by atoms with Gasteiger partial charge >= 0.3 is 0 Å². The Morgan fingerprint density at radius 2 is 1.09 bits per heavy atom. The summed E-state index contributed by atoms with van der Waals surface area (Å²) < 4.78 is 9.43. The number of fused-ring (bicyclic) bond motifs is 8. The van der Waals surface area contributed by atoms with E-state index in [-0.39, 0.29) is 5.41 Å². The van der Waals surface area contributed by atoms with E-state index in [4.69, 9.17) is 4.74 Å². The summed E-state index contributed by atoms with van der Waals surface area (Å²) in [5.41, 5.74) is 15.6. The van der Waals surface area contributed by atoms with Crippen molar-refractivity contribution in [2.45, 2.75) is 19.3 Å². The van der Waals surface area contributed by atoms with E-state index in [9.17, 15) is 0 Å². The smallest absolute Gasteiger partial charge is 0.136 e. The first-order valence-electron chi connectivity index (χ1n) is 20.0. The minimum Gasteiger partial charge on any atom is -0.456 e. The van der Waals surface area contributed by atoms with E-state index in [1.807, 2.05) is 11.3 Å². The zero-order valence-electron chi connectivity index (χ0n) is 32.2. The molecule has 3 heteroatoms. The minimum atomic E-state index is -0.182. The van der Waals surface area contributed by atoms with Crippen molar-refractivity contribution >= 4 is 59.3 Å². The van der Waals surface area contributed by atoms with Crippen molar-refractivity contribution in [2.24, 2.45) is 0 Å². The molecule has 0 unspecified atom stereocenters. The maximum Gasteiger partial charge on any atom is 0.136 e. The van der Waals surface area contributed by atoms with E-state index in [0.717, 1.165) is 39.1 Å². The van der Waals surface area contributed by atoms with E-state index in [1.165, 1.54) is 76.1 Å². The fourth-order valence-corrected chi connectivity index (χ4v) is 10.9. The van der Waals surface area contributed by atoms with Gasteiger partial charge in [-0.15, -0.1) is 11.3 Å². The normalized spacial score (nSPS) is 13.3. The van der Waals surface area contributed by atoms with Crippen LogP contribution in [0.5, 0.6) is 11.5 Å². The number of thiophene rings is 1. The fraction of sp³-hybridized carbons (Fsp3) is 0.0545. The molecule has 1 aliphatic carbocycles. The molecule has 58 heavy (non-hydrogen) atoms. The van der Waals surface area contributed by atoms with Gasteiger partial charge in [-0.3, -0.25) is 0 Å². The van der Waals surface area contributed by atoms with Crippen LogP contribution in [0.25, 0.3) is 75.5 Å². The Kier molecular flexibility index (Phi) is 7.18. The van der Waals surface area contributed by atoms with Gasteiger partial charge in [-0.1, -0.05) is 147 Å². The second-order valence-electron chi connectivity index (χ2n) is 16.0. The number of hydrogen-bond donors (Lipinski definition) is 0. The van der Waals surface area contributed by atoms with E-state index in [1.54, 1.807) is 0 Å². The Morgan fingerprint density at radius 3 is 1.91 bits per heavy atom. The third-order valence-electron chi connectivity index (χ3n) is 12.5. The summed E-state index contributed by atoms with van der Waals surface area (Å²) in [6.07, 6.45) is 0. The molecule has 1 aromatic heterocycles. The summed E-state index contributed by atoms with van der Waals surface area (Å²) in [6.45, 7) is 4.75. The molecule has 274 valence electrons. The van der Waals surface area contributed by atoms with Crippen molar-refractivity contribution in [2.75, 3.05) is 4.90 Å². The molecule has 2 aliphatic rings. The molecule has 2 heterocycles. The molecule has 0 spiro atoms. The standard InChI is InChI=1S/C55H37NOS/c1-55(2)43-29-27-36(34-14-5-3-6-15-34)32-42(43)53-44(55)21-12-22-46(53)56(47-23-13-25-51-54(47)41-18-9-10-24-50(41)58-51)45-30-31-48-52-39(19-11-20-40(45)52)38-28-26-37(33-49(38)57-48)35-16-7-4-8-17-35/h3-33H,1-2H3.